The van der Waals surface area contributed by atoms with Crippen LogP contribution in [-0.2, 0) is 6.18 Å². The minimum Gasteiger partial charge on any atom is -0.250 e. The highest BCUT2D eigenvalue weighted by Crippen LogP contribution is 2.39. The molecule has 0 aliphatic rings. The minimum atomic E-state index is -4.98. The SMILES string of the molecule is N#Cc1cnc(C(F)(F)F)c(C(F)F)c1Br. The first-order valence-corrected chi connectivity index (χ1v) is 4.52. The molecule has 0 atom stereocenters. The van der Waals surface area contributed by atoms with Gasteiger partial charge in [0.25, 0.3) is 6.43 Å². The third-order valence-electron chi connectivity index (χ3n) is 1.66. The molecule has 2 nitrogen and oxygen atoms in total. The zero-order valence-corrected chi connectivity index (χ0v) is 8.90. The number of alkyl halides is 5. The highest BCUT2D eigenvalue weighted by molar-refractivity contribution is 9.10. The Morgan fingerprint density at radius 3 is 2.31 bits per heavy atom. The van der Waals surface area contributed by atoms with Crippen LogP contribution in [0.3, 0.4) is 0 Å². The van der Waals surface area contributed by atoms with E-state index >= 15 is 0 Å². The van der Waals surface area contributed by atoms with Crippen LogP contribution in [-0.4, -0.2) is 4.98 Å². The van der Waals surface area contributed by atoms with E-state index in [1.807, 2.05) is 0 Å². The first-order valence-electron chi connectivity index (χ1n) is 3.73. The molecule has 0 aliphatic heterocycles. The first kappa shape index (κ1) is 12.8. The van der Waals surface area contributed by atoms with Crippen molar-refractivity contribution in [3.8, 4) is 6.07 Å². The average Bonchev–Trinajstić information content (AvgIpc) is 2.15. The van der Waals surface area contributed by atoms with E-state index in [1.54, 1.807) is 0 Å². The fourth-order valence-electron chi connectivity index (χ4n) is 1.01. The van der Waals surface area contributed by atoms with Gasteiger partial charge >= 0.3 is 6.18 Å². The third kappa shape index (κ3) is 2.29. The maximum absolute atomic E-state index is 12.5. The average molecular weight is 301 g/mol. The van der Waals surface area contributed by atoms with Crippen LogP contribution >= 0.6 is 15.9 Å². The van der Waals surface area contributed by atoms with Crippen LogP contribution in [0.1, 0.15) is 23.2 Å². The van der Waals surface area contributed by atoms with Gasteiger partial charge in [-0.1, -0.05) is 0 Å². The Hall–Kier alpha value is -1.23. The standard InChI is InChI=1S/C8H2BrF5N2/c9-5-3(1-15)2-16-6(8(12,13)14)4(5)7(10)11/h2,7H. The van der Waals surface area contributed by atoms with E-state index in [-0.39, 0.29) is 5.56 Å². The van der Waals surface area contributed by atoms with Gasteiger partial charge in [-0.2, -0.15) is 18.4 Å². The maximum atomic E-state index is 12.5. The van der Waals surface area contributed by atoms with Crippen LogP contribution in [0.25, 0.3) is 0 Å². The van der Waals surface area contributed by atoms with E-state index in [2.05, 4.69) is 20.9 Å². The monoisotopic (exact) mass is 300 g/mol. The van der Waals surface area contributed by atoms with Crippen molar-refractivity contribution in [1.29, 1.82) is 5.26 Å². The topological polar surface area (TPSA) is 36.7 Å². The summed E-state index contributed by atoms with van der Waals surface area (Å²) in [7, 11) is 0. The molecule has 1 aromatic rings. The Morgan fingerprint density at radius 2 is 1.94 bits per heavy atom. The Kier molecular flexibility index (Phi) is 3.48. The van der Waals surface area contributed by atoms with Crippen molar-refractivity contribution in [1.82, 2.24) is 4.98 Å². The largest absolute Gasteiger partial charge is 0.433 e. The number of nitriles is 1. The van der Waals surface area contributed by atoms with Crippen molar-refractivity contribution in [2.45, 2.75) is 12.6 Å². The lowest BCUT2D eigenvalue weighted by Crippen LogP contribution is -2.13. The molecule has 16 heavy (non-hydrogen) atoms. The van der Waals surface area contributed by atoms with Crippen LogP contribution in [0.5, 0.6) is 0 Å². The number of hydrogen-bond donors (Lipinski definition) is 0. The smallest absolute Gasteiger partial charge is 0.250 e. The number of pyridine rings is 1. The summed E-state index contributed by atoms with van der Waals surface area (Å²) in [6, 6.07) is 1.46. The molecule has 8 heteroatoms. The van der Waals surface area contributed by atoms with Crippen molar-refractivity contribution >= 4 is 15.9 Å². The van der Waals surface area contributed by atoms with Crippen LogP contribution in [0.2, 0.25) is 0 Å². The van der Waals surface area contributed by atoms with Crippen molar-refractivity contribution in [2.75, 3.05) is 0 Å². The molecule has 0 bridgehead atoms. The molecule has 86 valence electrons. The summed E-state index contributed by atoms with van der Waals surface area (Å²) >= 11 is 2.54. The van der Waals surface area contributed by atoms with Gasteiger partial charge in [-0.25, -0.2) is 13.8 Å². The highest BCUT2D eigenvalue weighted by Gasteiger charge is 2.39. The molecular weight excluding hydrogens is 299 g/mol. The second-order valence-corrected chi connectivity index (χ2v) is 3.45. The Bertz CT molecular complexity index is 449. The van der Waals surface area contributed by atoms with Gasteiger partial charge in [0, 0.05) is 10.7 Å². The van der Waals surface area contributed by atoms with Crippen LogP contribution in [0, 0.1) is 11.3 Å². The molecule has 1 aromatic heterocycles. The molecule has 0 amide bonds. The molecule has 0 aromatic carbocycles. The molecule has 1 rings (SSSR count). The second kappa shape index (κ2) is 4.33. The van der Waals surface area contributed by atoms with Crippen molar-refractivity contribution in [2.24, 2.45) is 0 Å². The molecule has 0 N–H and O–H groups in total. The lowest BCUT2D eigenvalue weighted by Gasteiger charge is -2.13. The summed E-state index contributed by atoms with van der Waals surface area (Å²) in [6.45, 7) is 0. The van der Waals surface area contributed by atoms with Gasteiger partial charge in [0.2, 0.25) is 0 Å². The predicted molar refractivity (Wildman–Crippen MR) is 46.6 cm³/mol. The quantitative estimate of drug-likeness (QED) is 0.742. The Balaban J connectivity index is 3.55. The van der Waals surface area contributed by atoms with Gasteiger partial charge in [0.15, 0.2) is 5.69 Å². The van der Waals surface area contributed by atoms with E-state index in [9.17, 15) is 22.0 Å². The summed E-state index contributed by atoms with van der Waals surface area (Å²) in [4.78, 5) is 2.85. The molecule has 0 saturated carbocycles. The van der Waals surface area contributed by atoms with Gasteiger partial charge in [-0.05, 0) is 15.9 Å². The number of halogens is 6. The number of hydrogen-bond acceptors (Lipinski definition) is 2. The molecule has 0 spiro atoms. The normalized spacial score (nSPS) is 11.6. The lowest BCUT2D eigenvalue weighted by molar-refractivity contribution is -0.143. The van der Waals surface area contributed by atoms with E-state index in [1.165, 1.54) is 6.07 Å². The maximum Gasteiger partial charge on any atom is 0.433 e. The third-order valence-corrected chi connectivity index (χ3v) is 2.51. The summed E-state index contributed by atoms with van der Waals surface area (Å²) in [5.41, 5.74) is -3.37. The highest BCUT2D eigenvalue weighted by atomic mass is 79.9. The number of nitrogens with zero attached hydrogens (tertiary/aromatic N) is 2. The molecule has 0 saturated heterocycles. The van der Waals surface area contributed by atoms with Crippen LogP contribution in [0.15, 0.2) is 10.7 Å². The summed E-state index contributed by atoms with van der Waals surface area (Å²) in [6.07, 6.45) is -7.76. The molecule has 1 heterocycles. The van der Waals surface area contributed by atoms with Crippen LogP contribution < -0.4 is 0 Å². The molecule has 0 unspecified atom stereocenters. The summed E-state index contributed by atoms with van der Waals surface area (Å²) in [5.74, 6) is 0. The van der Waals surface area contributed by atoms with Crippen molar-refractivity contribution < 1.29 is 22.0 Å². The van der Waals surface area contributed by atoms with Crippen LogP contribution in [0.4, 0.5) is 22.0 Å². The fraction of sp³-hybridized carbons (Fsp3) is 0.250. The van der Waals surface area contributed by atoms with Gasteiger partial charge in [0.1, 0.15) is 6.07 Å². The van der Waals surface area contributed by atoms with E-state index in [0.717, 1.165) is 0 Å². The number of rotatable bonds is 1. The zero-order chi connectivity index (χ0) is 12.5. The van der Waals surface area contributed by atoms with Crippen molar-refractivity contribution in [3.63, 3.8) is 0 Å². The summed E-state index contributed by atoms with van der Waals surface area (Å²) in [5, 5.41) is 8.47. The minimum absolute atomic E-state index is 0.372. The Morgan fingerprint density at radius 1 is 1.38 bits per heavy atom. The van der Waals surface area contributed by atoms with Gasteiger partial charge < -0.3 is 0 Å². The first-order chi connectivity index (χ1) is 7.29. The lowest BCUT2D eigenvalue weighted by atomic mass is 10.1. The number of aromatic nitrogens is 1. The molecule has 0 aliphatic carbocycles. The summed E-state index contributed by atoms with van der Waals surface area (Å²) < 4.78 is 61.3. The zero-order valence-electron chi connectivity index (χ0n) is 7.32. The second-order valence-electron chi connectivity index (χ2n) is 2.66. The van der Waals surface area contributed by atoms with Gasteiger partial charge in [0.05, 0.1) is 11.1 Å². The van der Waals surface area contributed by atoms with E-state index in [4.69, 9.17) is 5.26 Å². The van der Waals surface area contributed by atoms with Gasteiger partial charge in [-0.15, -0.1) is 0 Å². The predicted octanol–water partition coefficient (Wildman–Crippen LogP) is 3.67. The molecule has 0 fully saturated rings. The van der Waals surface area contributed by atoms with Crippen molar-refractivity contribution in [3.05, 3.63) is 27.5 Å². The van der Waals surface area contributed by atoms with E-state index < -0.39 is 28.3 Å². The Labute approximate surface area is 94.8 Å². The van der Waals surface area contributed by atoms with E-state index in [0.29, 0.717) is 6.20 Å². The fourth-order valence-corrected chi connectivity index (χ4v) is 1.56. The molecular formula is C8H2BrF5N2. The molecule has 0 radical (unpaired) electrons. The van der Waals surface area contributed by atoms with Gasteiger partial charge in [-0.3, -0.25) is 0 Å².